The van der Waals surface area contributed by atoms with Crippen LogP contribution in [0, 0.1) is 0 Å². The molecule has 0 amide bonds. The highest BCUT2D eigenvalue weighted by atomic mass is 32.2. The van der Waals surface area contributed by atoms with Gasteiger partial charge in [-0.25, -0.2) is 13.1 Å². The van der Waals surface area contributed by atoms with Crippen molar-refractivity contribution in [2.75, 3.05) is 0 Å². The van der Waals surface area contributed by atoms with Gasteiger partial charge in [-0.05, 0) is 37.6 Å². The molecule has 1 fully saturated rings. The molecule has 1 aliphatic carbocycles. The van der Waals surface area contributed by atoms with Crippen molar-refractivity contribution in [3.8, 4) is 0 Å². The second kappa shape index (κ2) is 6.35. The standard InChI is InChI=1S/C13H22N2O2S2/c1-3-4-10(2)15-19(16,17)13-7-8-18-12(13)9-14-11-5-6-11/h7-8,10-11,14-15H,3-6,9H2,1-2H3. The Labute approximate surface area is 119 Å². The summed E-state index contributed by atoms with van der Waals surface area (Å²) in [6, 6.07) is 2.28. The second-order valence-electron chi connectivity index (χ2n) is 5.17. The van der Waals surface area contributed by atoms with Crippen LogP contribution in [-0.4, -0.2) is 20.5 Å². The first-order valence-corrected chi connectivity index (χ1v) is 9.21. The van der Waals surface area contributed by atoms with Crippen LogP contribution < -0.4 is 10.0 Å². The van der Waals surface area contributed by atoms with Crippen LogP contribution in [0.15, 0.2) is 16.3 Å². The van der Waals surface area contributed by atoms with E-state index in [9.17, 15) is 8.42 Å². The summed E-state index contributed by atoms with van der Waals surface area (Å²) in [5.74, 6) is 0. The van der Waals surface area contributed by atoms with Gasteiger partial charge >= 0.3 is 0 Å². The minimum atomic E-state index is -3.38. The summed E-state index contributed by atoms with van der Waals surface area (Å²) in [5, 5.41) is 5.22. The number of hydrogen-bond acceptors (Lipinski definition) is 4. The van der Waals surface area contributed by atoms with Crippen LogP contribution in [0.5, 0.6) is 0 Å². The van der Waals surface area contributed by atoms with Gasteiger partial charge in [-0.1, -0.05) is 13.3 Å². The molecule has 1 aromatic rings. The molecule has 1 heterocycles. The van der Waals surface area contributed by atoms with Crippen molar-refractivity contribution in [1.29, 1.82) is 0 Å². The summed E-state index contributed by atoms with van der Waals surface area (Å²) < 4.78 is 27.4. The molecule has 19 heavy (non-hydrogen) atoms. The van der Waals surface area contributed by atoms with E-state index in [0.717, 1.165) is 17.7 Å². The number of thiophene rings is 1. The summed E-state index contributed by atoms with van der Waals surface area (Å²) in [5.41, 5.74) is 0. The predicted octanol–water partition coefficient (Wildman–Crippen LogP) is 2.47. The Morgan fingerprint density at radius 1 is 1.47 bits per heavy atom. The molecule has 0 spiro atoms. The summed E-state index contributed by atoms with van der Waals surface area (Å²) in [6.45, 7) is 4.62. The van der Waals surface area contributed by atoms with E-state index < -0.39 is 10.0 Å². The van der Waals surface area contributed by atoms with E-state index in [0.29, 0.717) is 17.5 Å². The van der Waals surface area contributed by atoms with Crippen LogP contribution in [0.25, 0.3) is 0 Å². The van der Waals surface area contributed by atoms with Gasteiger partial charge in [0.2, 0.25) is 10.0 Å². The van der Waals surface area contributed by atoms with Crippen molar-refractivity contribution in [3.05, 3.63) is 16.3 Å². The van der Waals surface area contributed by atoms with E-state index in [-0.39, 0.29) is 6.04 Å². The predicted molar refractivity (Wildman–Crippen MR) is 78.9 cm³/mol. The largest absolute Gasteiger partial charge is 0.309 e. The Morgan fingerprint density at radius 2 is 2.21 bits per heavy atom. The van der Waals surface area contributed by atoms with Crippen LogP contribution in [0.4, 0.5) is 0 Å². The molecule has 0 bridgehead atoms. The van der Waals surface area contributed by atoms with Crippen molar-refractivity contribution < 1.29 is 8.42 Å². The van der Waals surface area contributed by atoms with Gasteiger partial charge in [0.1, 0.15) is 0 Å². The highest BCUT2D eigenvalue weighted by Crippen LogP contribution is 2.25. The third kappa shape index (κ3) is 4.27. The zero-order valence-corrected chi connectivity index (χ0v) is 13.1. The lowest BCUT2D eigenvalue weighted by molar-refractivity contribution is 0.542. The first kappa shape index (κ1) is 15.0. The fourth-order valence-electron chi connectivity index (χ4n) is 2.04. The van der Waals surface area contributed by atoms with E-state index in [1.807, 2.05) is 12.3 Å². The molecule has 1 unspecified atom stereocenters. The second-order valence-corrected chi connectivity index (χ2v) is 7.86. The van der Waals surface area contributed by atoms with Gasteiger partial charge < -0.3 is 5.32 Å². The molecular formula is C13H22N2O2S2. The molecule has 6 heteroatoms. The van der Waals surface area contributed by atoms with Crippen molar-refractivity contribution in [2.45, 2.75) is 63.1 Å². The van der Waals surface area contributed by atoms with Gasteiger partial charge in [0.25, 0.3) is 0 Å². The summed E-state index contributed by atoms with van der Waals surface area (Å²) in [7, 11) is -3.38. The van der Waals surface area contributed by atoms with Crippen molar-refractivity contribution in [1.82, 2.24) is 10.0 Å². The zero-order chi connectivity index (χ0) is 13.9. The molecule has 2 rings (SSSR count). The van der Waals surface area contributed by atoms with E-state index in [1.54, 1.807) is 6.07 Å². The topological polar surface area (TPSA) is 58.2 Å². The summed E-state index contributed by atoms with van der Waals surface area (Å²) in [4.78, 5) is 1.34. The number of hydrogen-bond donors (Lipinski definition) is 2. The lowest BCUT2D eigenvalue weighted by atomic mass is 10.2. The lowest BCUT2D eigenvalue weighted by Crippen LogP contribution is -2.33. The molecular weight excluding hydrogens is 280 g/mol. The molecule has 2 N–H and O–H groups in total. The van der Waals surface area contributed by atoms with Gasteiger partial charge in [0.15, 0.2) is 0 Å². The fraction of sp³-hybridized carbons (Fsp3) is 0.692. The monoisotopic (exact) mass is 302 g/mol. The highest BCUT2D eigenvalue weighted by Gasteiger charge is 2.24. The lowest BCUT2D eigenvalue weighted by Gasteiger charge is -2.13. The smallest absolute Gasteiger partial charge is 0.241 e. The summed E-state index contributed by atoms with van der Waals surface area (Å²) >= 11 is 1.50. The Kier molecular flexibility index (Phi) is 5.00. The molecule has 0 aromatic carbocycles. The van der Waals surface area contributed by atoms with Crippen LogP contribution >= 0.6 is 11.3 Å². The highest BCUT2D eigenvalue weighted by molar-refractivity contribution is 7.89. The molecule has 1 aromatic heterocycles. The average Bonchev–Trinajstić information content (AvgIpc) is 3.02. The molecule has 4 nitrogen and oxygen atoms in total. The van der Waals surface area contributed by atoms with Gasteiger partial charge in [-0.3, -0.25) is 0 Å². The zero-order valence-electron chi connectivity index (χ0n) is 11.5. The third-order valence-electron chi connectivity index (χ3n) is 3.20. The van der Waals surface area contributed by atoms with E-state index in [2.05, 4.69) is 17.0 Å². The molecule has 108 valence electrons. The maximum Gasteiger partial charge on any atom is 0.241 e. The minimum Gasteiger partial charge on any atom is -0.309 e. The van der Waals surface area contributed by atoms with E-state index in [1.165, 1.54) is 24.2 Å². The summed E-state index contributed by atoms with van der Waals surface area (Å²) in [6.07, 6.45) is 4.25. The molecule has 1 atom stereocenters. The Bertz CT molecular complexity index is 506. The Hall–Kier alpha value is -0.430. The van der Waals surface area contributed by atoms with Gasteiger partial charge in [-0.15, -0.1) is 11.3 Å². The van der Waals surface area contributed by atoms with Gasteiger partial charge in [0, 0.05) is 23.5 Å². The van der Waals surface area contributed by atoms with E-state index >= 15 is 0 Å². The molecule has 0 aliphatic heterocycles. The maximum absolute atomic E-state index is 12.3. The van der Waals surface area contributed by atoms with Crippen molar-refractivity contribution in [3.63, 3.8) is 0 Å². The minimum absolute atomic E-state index is 0.0147. The van der Waals surface area contributed by atoms with Gasteiger partial charge in [-0.2, -0.15) is 0 Å². The normalized spacial score (nSPS) is 17.6. The number of sulfonamides is 1. The first-order valence-electron chi connectivity index (χ1n) is 6.85. The number of nitrogens with one attached hydrogen (secondary N) is 2. The first-order chi connectivity index (χ1) is 9.03. The van der Waals surface area contributed by atoms with Gasteiger partial charge in [0.05, 0.1) is 4.90 Å². The van der Waals surface area contributed by atoms with Crippen molar-refractivity contribution >= 4 is 21.4 Å². The van der Waals surface area contributed by atoms with Crippen LogP contribution in [0.2, 0.25) is 0 Å². The SMILES string of the molecule is CCCC(C)NS(=O)(=O)c1ccsc1CNC1CC1. The van der Waals surface area contributed by atoms with Crippen molar-refractivity contribution in [2.24, 2.45) is 0 Å². The third-order valence-corrected chi connectivity index (χ3v) is 5.93. The number of rotatable bonds is 8. The molecule has 0 saturated heterocycles. The Balaban J connectivity index is 2.04. The van der Waals surface area contributed by atoms with Crippen LogP contribution in [0.3, 0.4) is 0 Å². The molecule has 1 saturated carbocycles. The molecule has 0 radical (unpaired) electrons. The average molecular weight is 302 g/mol. The Morgan fingerprint density at radius 3 is 2.84 bits per heavy atom. The fourth-order valence-corrected chi connectivity index (χ4v) is 4.71. The van der Waals surface area contributed by atoms with Crippen LogP contribution in [0.1, 0.15) is 44.4 Å². The van der Waals surface area contributed by atoms with E-state index in [4.69, 9.17) is 0 Å². The molecule has 1 aliphatic rings. The quantitative estimate of drug-likeness (QED) is 0.775. The maximum atomic E-state index is 12.3. The van der Waals surface area contributed by atoms with Crippen LogP contribution in [-0.2, 0) is 16.6 Å².